The zero-order valence-corrected chi connectivity index (χ0v) is 16.4. The highest BCUT2D eigenvalue weighted by atomic mass is 35.5. The van der Waals surface area contributed by atoms with Crippen LogP contribution in [0.15, 0.2) is 47.6 Å². The maximum absolute atomic E-state index is 13.4. The molecular formula is C21H22ClF3N2O. The fraction of sp³-hybridized carbons (Fsp3) is 0.476. The molecule has 1 amide bonds. The van der Waals surface area contributed by atoms with Crippen molar-refractivity contribution in [3.8, 4) is 0 Å². The van der Waals surface area contributed by atoms with Crippen LogP contribution in [0.5, 0.6) is 0 Å². The Morgan fingerprint density at radius 2 is 1.75 bits per heavy atom. The molecule has 0 radical (unpaired) electrons. The van der Waals surface area contributed by atoms with Crippen molar-refractivity contribution < 1.29 is 18.0 Å². The Hall–Kier alpha value is -1.79. The summed E-state index contributed by atoms with van der Waals surface area (Å²) in [7, 11) is 1.99. The number of alkyl halides is 3. The van der Waals surface area contributed by atoms with Gasteiger partial charge in [-0.1, -0.05) is 23.8 Å². The summed E-state index contributed by atoms with van der Waals surface area (Å²) in [4.78, 5) is 16.7. The van der Waals surface area contributed by atoms with Gasteiger partial charge in [-0.3, -0.25) is 9.69 Å². The summed E-state index contributed by atoms with van der Waals surface area (Å²) in [5.74, 6) is -0.606. The largest absolute Gasteiger partial charge is 0.413 e. The van der Waals surface area contributed by atoms with Crippen LogP contribution in [0, 0.1) is 5.92 Å². The van der Waals surface area contributed by atoms with Gasteiger partial charge in [-0.15, -0.1) is 0 Å². The molecule has 1 atom stereocenters. The van der Waals surface area contributed by atoms with Gasteiger partial charge in [0.2, 0.25) is 0 Å². The van der Waals surface area contributed by atoms with E-state index in [1.165, 1.54) is 6.08 Å². The van der Waals surface area contributed by atoms with E-state index < -0.39 is 23.2 Å². The standard InChI is InChI=1S/C21H22ClF3N2O/c1-26-11-8-16-17(6-7-18(16)21(23,24)25)20(26)9-12-27(13-10-20)19(28)14-2-4-15(22)5-3-14/h2-7,16H,8-13H2,1H3. The zero-order chi connectivity index (χ0) is 20.1. The predicted octanol–water partition coefficient (Wildman–Crippen LogP) is 4.70. The number of nitrogens with zero attached hydrogens (tertiary/aromatic N) is 2. The lowest BCUT2D eigenvalue weighted by Crippen LogP contribution is -2.59. The van der Waals surface area contributed by atoms with E-state index in [2.05, 4.69) is 4.90 Å². The van der Waals surface area contributed by atoms with Gasteiger partial charge in [0.25, 0.3) is 5.91 Å². The van der Waals surface area contributed by atoms with E-state index in [1.807, 2.05) is 7.05 Å². The second-order valence-electron chi connectivity index (χ2n) is 7.84. The molecule has 3 aliphatic rings. The summed E-state index contributed by atoms with van der Waals surface area (Å²) in [5.41, 5.74) is 0.626. The lowest BCUT2D eigenvalue weighted by molar-refractivity contribution is -0.0999. The lowest BCUT2D eigenvalue weighted by atomic mass is 9.70. The van der Waals surface area contributed by atoms with Crippen molar-refractivity contribution in [3.63, 3.8) is 0 Å². The number of likely N-dealkylation sites (tertiary alicyclic amines) is 2. The van der Waals surface area contributed by atoms with Crippen LogP contribution >= 0.6 is 11.6 Å². The third kappa shape index (κ3) is 3.16. The fourth-order valence-corrected chi connectivity index (χ4v) is 5.07. The zero-order valence-electron chi connectivity index (χ0n) is 15.6. The van der Waals surface area contributed by atoms with E-state index in [4.69, 9.17) is 11.6 Å². The second-order valence-corrected chi connectivity index (χ2v) is 8.27. The number of carbonyl (C=O) groups is 1. The van der Waals surface area contributed by atoms with Gasteiger partial charge < -0.3 is 4.90 Å². The summed E-state index contributed by atoms with van der Waals surface area (Å²) in [5, 5.41) is 0.574. The van der Waals surface area contributed by atoms with Gasteiger partial charge in [0, 0.05) is 40.7 Å². The first-order valence-electron chi connectivity index (χ1n) is 9.48. The van der Waals surface area contributed by atoms with Crippen molar-refractivity contribution in [1.29, 1.82) is 0 Å². The molecule has 0 aromatic heterocycles. The Balaban J connectivity index is 1.51. The summed E-state index contributed by atoms with van der Waals surface area (Å²) >= 11 is 5.89. The molecule has 2 fully saturated rings. The summed E-state index contributed by atoms with van der Waals surface area (Å²) in [6.45, 7) is 1.68. The molecule has 2 aliphatic heterocycles. The monoisotopic (exact) mass is 410 g/mol. The van der Waals surface area contributed by atoms with Crippen molar-refractivity contribution in [2.24, 2.45) is 5.92 Å². The Labute approximate surface area is 167 Å². The second kappa shape index (κ2) is 6.92. The van der Waals surface area contributed by atoms with Gasteiger partial charge in [-0.05, 0) is 62.7 Å². The van der Waals surface area contributed by atoms with Crippen LogP contribution < -0.4 is 0 Å². The van der Waals surface area contributed by atoms with Gasteiger partial charge >= 0.3 is 6.18 Å². The molecule has 7 heteroatoms. The number of halogens is 4. The van der Waals surface area contributed by atoms with Crippen LogP contribution in [0.1, 0.15) is 29.6 Å². The molecule has 1 aliphatic carbocycles. The van der Waals surface area contributed by atoms with E-state index in [0.717, 1.165) is 5.57 Å². The lowest BCUT2D eigenvalue weighted by Gasteiger charge is -2.53. The molecule has 0 N–H and O–H groups in total. The fourth-order valence-electron chi connectivity index (χ4n) is 4.94. The normalized spacial score (nSPS) is 24.8. The minimum absolute atomic E-state index is 0.0592. The Morgan fingerprint density at radius 1 is 1.11 bits per heavy atom. The summed E-state index contributed by atoms with van der Waals surface area (Å²) in [6, 6.07) is 6.79. The first-order chi connectivity index (χ1) is 13.2. The van der Waals surface area contributed by atoms with E-state index in [1.54, 1.807) is 35.2 Å². The van der Waals surface area contributed by atoms with E-state index in [0.29, 0.717) is 49.5 Å². The van der Waals surface area contributed by atoms with Crippen LogP contribution in [0.4, 0.5) is 13.2 Å². The average Bonchev–Trinajstić information content (AvgIpc) is 3.11. The number of hydrogen-bond donors (Lipinski definition) is 0. The minimum atomic E-state index is -4.29. The van der Waals surface area contributed by atoms with Crippen LogP contribution in [0.25, 0.3) is 0 Å². The third-order valence-corrected chi connectivity index (χ3v) is 6.76. The number of piperidine rings is 2. The highest BCUT2D eigenvalue weighted by molar-refractivity contribution is 6.30. The van der Waals surface area contributed by atoms with Crippen LogP contribution in [-0.2, 0) is 0 Å². The molecule has 1 aromatic carbocycles. The highest BCUT2D eigenvalue weighted by Crippen LogP contribution is 2.51. The maximum Gasteiger partial charge on any atom is 0.413 e. The molecule has 3 nitrogen and oxygen atoms in total. The molecule has 1 unspecified atom stereocenters. The van der Waals surface area contributed by atoms with Crippen LogP contribution in [0.3, 0.4) is 0 Å². The minimum Gasteiger partial charge on any atom is -0.338 e. The third-order valence-electron chi connectivity index (χ3n) is 6.51. The number of benzene rings is 1. The number of amides is 1. The van der Waals surface area contributed by atoms with Crippen molar-refractivity contribution in [2.75, 3.05) is 26.7 Å². The SMILES string of the molecule is CN1CCC2C(C(F)(F)F)=CC=C2C12CCN(C(=O)c1ccc(Cl)cc1)CC2. The molecular weight excluding hydrogens is 389 g/mol. The topological polar surface area (TPSA) is 23.6 Å². The molecule has 28 heavy (non-hydrogen) atoms. The molecule has 0 bridgehead atoms. The van der Waals surface area contributed by atoms with Gasteiger partial charge in [0.1, 0.15) is 0 Å². The number of carbonyl (C=O) groups excluding carboxylic acids is 1. The number of hydrogen-bond acceptors (Lipinski definition) is 2. The van der Waals surface area contributed by atoms with Gasteiger partial charge in [0.05, 0.1) is 0 Å². The quantitative estimate of drug-likeness (QED) is 0.670. The van der Waals surface area contributed by atoms with Crippen molar-refractivity contribution in [2.45, 2.75) is 31.0 Å². The number of rotatable bonds is 1. The molecule has 4 rings (SSSR count). The Morgan fingerprint density at radius 3 is 2.36 bits per heavy atom. The molecule has 150 valence electrons. The van der Waals surface area contributed by atoms with Crippen molar-refractivity contribution >= 4 is 17.5 Å². The maximum atomic E-state index is 13.4. The van der Waals surface area contributed by atoms with Gasteiger partial charge in [0.15, 0.2) is 0 Å². The van der Waals surface area contributed by atoms with E-state index in [9.17, 15) is 18.0 Å². The Kier molecular flexibility index (Phi) is 4.82. The van der Waals surface area contributed by atoms with E-state index >= 15 is 0 Å². The molecule has 2 saturated heterocycles. The number of likely N-dealkylation sites (N-methyl/N-ethyl adjacent to an activating group) is 1. The van der Waals surface area contributed by atoms with Gasteiger partial charge in [-0.25, -0.2) is 0 Å². The number of allylic oxidation sites excluding steroid dienone is 3. The van der Waals surface area contributed by atoms with Crippen LogP contribution in [-0.4, -0.2) is 54.1 Å². The van der Waals surface area contributed by atoms with Crippen LogP contribution in [0.2, 0.25) is 5.02 Å². The first-order valence-corrected chi connectivity index (χ1v) is 9.86. The smallest absolute Gasteiger partial charge is 0.338 e. The molecule has 1 aromatic rings. The van der Waals surface area contributed by atoms with E-state index in [-0.39, 0.29) is 5.91 Å². The van der Waals surface area contributed by atoms with Crippen molar-refractivity contribution in [3.05, 3.63) is 58.1 Å². The summed E-state index contributed by atoms with van der Waals surface area (Å²) < 4.78 is 40.2. The average molecular weight is 411 g/mol. The summed E-state index contributed by atoms with van der Waals surface area (Å²) in [6.07, 6.45) is 0.425. The molecule has 1 spiro atoms. The highest BCUT2D eigenvalue weighted by Gasteiger charge is 2.52. The molecule has 2 heterocycles. The number of fused-ring (bicyclic) bond motifs is 2. The predicted molar refractivity (Wildman–Crippen MR) is 102 cm³/mol. The van der Waals surface area contributed by atoms with Crippen molar-refractivity contribution in [1.82, 2.24) is 9.80 Å². The Bertz CT molecular complexity index is 836. The van der Waals surface area contributed by atoms with Gasteiger partial charge in [-0.2, -0.15) is 13.2 Å². The molecule has 0 saturated carbocycles. The first kappa shape index (κ1) is 19.5.